The number of benzene rings is 3. The molecular formula is C29H32ClNO2. The highest BCUT2D eigenvalue weighted by Crippen LogP contribution is 2.36. The largest absolute Gasteiger partial charge is 0.497 e. The van der Waals surface area contributed by atoms with Crippen molar-refractivity contribution in [1.82, 2.24) is 4.90 Å². The van der Waals surface area contributed by atoms with Gasteiger partial charge in [0.1, 0.15) is 18.1 Å². The fraction of sp³-hybridized carbons (Fsp3) is 0.310. The normalized spacial score (nSPS) is 14.8. The van der Waals surface area contributed by atoms with Gasteiger partial charge in [0.15, 0.2) is 0 Å². The Kier molecular flexibility index (Phi) is 8.09. The minimum absolute atomic E-state index is 0.727. The highest BCUT2D eigenvalue weighted by atomic mass is 35.5. The Morgan fingerprint density at radius 1 is 0.788 bits per heavy atom. The first-order chi connectivity index (χ1) is 16.2. The predicted octanol–water partition coefficient (Wildman–Crippen LogP) is 7.19. The molecule has 0 amide bonds. The fourth-order valence-electron chi connectivity index (χ4n) is 4.47. The lowest BCUT2D eigenvalue weighted by atomic mass is 9.88. The van der Waals surface area contributed by atoms with E-state index >= 15 is 0 Å². The molecule has 4 rings (SSSR count). The molecule has 1 heterocycles. The second-order valence-corrected chi connectivity index (χ2v) is 8.80. The Morgan fingerprint density at radius 2 is 1.33 bits per heavy atom. The molecule has 0 atom stereocenters. The SMILES string of the molecule is CC/C(=C(/c1ccc(Cl)cc1)c1ccc(OCCN2CCCC2)cc1)c1ccc(OC)cc1. The smallest absolute Gasteiger partial charge is 0.119 e. The zero-order valence-corrected chi connectivity index (χ0v) is 20.3. The van der Waals surface area contributed by atoms with Crippen LogP contribution in [0.3, 0.4) is 0 Å². The van der Waals surface area contributed by atoms with Gasteiger partial charge >= 0.3 is 0 Å². The summed E-state index contributed by atoms with van der Waals surface area (Å²) in [6, 6.07) is 24.9. The third-order valence-electron chi connectivity index (χ3n) is 6.24. The first-order valence-electron chi connectivity index (χ1n) is 11.8. The average molecular weight is 462 g/mol. The lowest BCUT2D eigenvalue weighted by Gasteiger charge is -2.18. The summed E-state index contributed by atoms with van der Waals surface area (Å²) in [6.07, 6.45) is 3.52. The predicted molar refractivity (Wildman–Crippen MR) is 138 cm³/mol. The van der Waals surface area contributed by atoms with Crippen molar-refractivity contribution in [3.8, 4) is 11.5 Å². The van der Waals surface area contributed by atoms with Crippen molar-refractivity contribution >= 4 is 22.7 Å². The third-order valence-corrected chi connectivity index (χ3v) is 6.50. The van der Waals surface area contributed by atoms with E-state index in [1.54, 1.807) is 7.11 Å². The number of hydrogen-bond acceptors (Lipinski definition) is 3. The molecule has 1 aliphatic heterocycles. The van der Waals surface area contributed by atoms with Crippen molar-refractivity contribution < 1.29 is 9.47 Å². The molecule has 1 fully saturated rings. The molecule has 0 unspecified atom stereocenters. The summed E-state index contributed by atoms with van der Waals surface area (Å²) in [5, 5.41) is 0.738. The number of likely N-dealkylation sites (tertiary alicyclic amines) is 1. The third kappa shape index (κ3) is 5.98. The van der Waals surface area contributed by atoms with Gasteiger partial charge in [0, 0.05) is 11.6 Å². The zero-order chi connectivity index (χ0) is 23.0. The number of ether oxygens (including phenoxy) is 2. The first kappa shape index (κ1) is 23.4. The summed E-state index contributed by atoms with van der Waals surface area (Å²) >= 11 is 6.19. The summed E-state index contributed by atoms with van der Waals surface area (Å²) < 4.78 is 11.4. The van der Waals surface area contributed by atoms with Crippen LogP contribution in [-0.2, 0) is 0 Å². The molecule has 3 nitrogen and oxygen atoms in total. The van der Waals surface area contributed by atoms with E-state index in [0.29, 0.717) is 0 Å². The van der Waals surface area contributed by atoms with Crippen LogP contribution in [0.1, 0.15) is 42.9 Å². The Bertz CT molecular complexity index is 1050. The first-order valence-corrected chi connectivity index (χ1v) is 12.1. The topological polar surface area (TPSA) is 21.7 Å². The van der Waals surface area contributed by atoms with Gasteiger partial charge in [0.05, 0.1) is 7.11 Å². The van der Waals surface area contributed by atoms with Crippen molar-refractivity contribution in [2.24, 2.45) is 0 Å². The minimum Gasteiger partial charge on any atom is -0.497 e. The van der Waals surface area contributed by atoms with Crippen molar-refractivity contribution in [2.45, 2.75) is 26.2 Å². The molecule has 33 heavy (non-hydrogen) atoms. The van der Waals surface area contributed by atoms with Crippen LogP contribution in [0.15, 0.2) is 72.8 Å². The molecule has 0 spiro atoms. The van der Waals surface area contributed by atoms with Crippen molar-refractivity contribution in [1.29, 1.82) is 0 Å². The van der Waals surface area contributed by atoms with Crippen LogP contribution < -0.4 is 9.47 Å². The van der Waals surface area contributed by atoms with E-state index in [1.165, 1.54) is 42.6 Å². The average Bonchev–Trinajstić information content (AvgIpc) is 3.38. The molecule has 0 aliphatic carbocycles. The number of hydrogen-bond donors (Lipinski definition) is 0. The number of rotatable bonds is 9. The van der Waals surface area contributed by atoms with Crippen LogP contribution in [0.5, 0.6) is 11.5 Å². The highest BCUT2D eigenvalue weighted by Gasteiger charge is 2.14. The maximum absolute atomic E-state index is 6.19. The Hall–Kier alpha value is -2.75. The lowest BCUT2D eigenvalue weighted by molar-refractivity contribution is 0.238. The summed E-state index contributed by atoms with van der Waals surface area (Å²) in [5.74, 6) is 1.77. The Labute approximate surface area is 202 Å². The van der Waals surface area contributed by atoms with E-state index in [4.69, 9.17) is 21.1 Å². The van der Waals surface area contributed by atoms with E-state index in [2.05, 4.69) is 60.4 Å². The van der Waals surface area contributed by atoms with Gasteiger partial charge < -0.3 is 9.47 Å². The zero-order valence-electron chi connectivity index (χ0n) is 19.5. The highest BCUT2D eigenvalue weighted by molar-refractivity contribution is 6.30. The van der Waals surface area contributed by atoms with E-state index in [9.17, 15) is 0 Å². The molecule has 3 aromatic carbocycles. The summed E-state index contributed by atoms with van der Waals surface area (Å²) in [6.45, 7) is 6.32. The van der Waals surface area contributed by atoms with Gasteiger partial charge in [-0.25, -0.2) is 0 Å². The van der Waals surface area contributed by atoms with Crippen LogP contribution in [-0.4, -0.2) is 38.3 Å². The minimum atomic E-state index is 0.727. The van der Waals surface area contributed by atoms with Gasteiger partial charge in [-0.2, -0.15) is 0 Å². The molecule has 0 aromatic heterocycles. The molecule has 172 valence electrons. The molecule has 0 radical (unpaired) electrons. The van der Waals surface area contributed by atoms with Crippen LogP contribution in [0.25, 0.3) is 11.1 Å². The number of halogens is 1. The Balaban J connectivity index is 1.63. The van der Waals surface area contributed by atoms with Crippen LogP contribution in [0.4, 0.5) is 0 Å². The van der Waals surface area contributed by atoms with E-state index in [-0.39, 0.29) is 0 Å². The van der Waals surface area contributed by atoms with Gasteiger partial charge in [-0.05, 0) is 96.6 Å². The summed E-state index contributed by atoms with van der Waals surface area (Å²) in [4.78, 5) is 2.47. The molecule has 1 saturated heterocycles. The second-order valence-electron chi connectivity index (χ2n) is 8.36. The second kappa shape index (κ2) is 11.4. The monoisotopic (exact) mass is 461 g/mol. The van der Waals surface area contributed by atoms with Crippen LogP contribution in [0, 0.1) is 0 Å². The maximum Gasteiger partial charge on any atom is 0.119 e. The van der Waals surface area contributed by atoms with Gasteiger partial charge in [-0.3, -0.25) is 4.90 Å². The van der Waals surface area contributed by atoms with Gasteiger partial charge in [0.25, 0.3) is 0 Å². The molecule has 0 bridgehead atoms. The molecule has 1 aliphatic rings. The quantitative estimate of drug-likeness (QED) is 0.315. The maximum atomic E-state index is 6.19. The van der Waals surface area contributed by atoms with Gasteiger partial charge in [0.2, 0.25) is 0 Å². The standard InChI is InChI=1S/C29H32ClNO2/c1-3-28(22-8-14-26(32-2)15-9-22)29(23-6-12-25(30)13-7-23)24-10-16-27(17-11-24)33-21-20-31-18-4-5-19-31/h6-17H,3-5,18-21H2,1-2H3/b29-28+. The van der Waals surface area contributed by atoms with Crippen molar-refractivity contribution in [3.05, 3.63) is 94.5 Å². The summed E-state index contributed by atoms with van der Waals surface area (Å²) in [7, 11) is 1.69. The lowest BCUT2D eigenvalue weighted by Crippen LogP contribution is -2.25. The van der Waals surface area contributed by atoms with E-state index in [0.717, 1.165) is 47.2 Å². The van der Waals surface area contributed by atoms with Gasteiger partial charge in [-0.15, -0.1) is 0 Å². The summed E-state index contributed by atoms with van der Waals surface area (Å²) in [5.41, 5.74) is 5.99. The molecule has 3 aromatic rings. The molecule has 0 N–H and O–H groups in total. The Morgan fingerprint density at radius 3 is 1.91 bits per heavy atom. The number of allylic oxidation sites excluding steroid dienone is 1. The number of methoxy groups -OCH3 is 1. The van der Waals surface area contributed by atoms with Gasteiger partial charge in [-0.1, -0.05) is 54.9 Å². The van der Waals surface area contributed by atoms with Crippen molar-refractivity contribution in [3.63, 3.8) is 0 Å². The molecule has 0 saturated carbocycles. The van der Waals surface area contributed by atoms with E-state index < -0.39 is 0 Å². The molecule has 4 heteroatoms. The molecular weight excluding hydrogens is 430 g/mol. The van der Waals surface area contributed by atoms with E-state index in [1.807, 2.05) is 24.3 Å². The number of nitrogens with zero attached hydrogens (tertiary/aromatic N) is 1. The van der Waals surface area contributed by atoms with Crippen molar-refractivity contribution in [2.75, 3.05) is 33.4 Å². The fourth-order valence-corrected chi connectivity index (χ4v) is 4.59. The van der Waals surface area contributed by atoms with Crippen LogP contribution >= 0.6 is 11.6 Å². The van der Waals surface area contributed by atoms with Crippen LogP contribution in [0.2, 0.25) is 5.02 Å².